The molecule has 1 fully saturated rings. The van der Waals surface area contributed by atoms with E-state index in [1.807, 2.05) is 12.1 Å². The third-order valence-electron chi connectivity index (χ3n) is 3.77. The summed E-state index contributed by atoms with van der Waals surface area (Å²) >= 11 is 0. The summed E-state index contributed by atoms with van der Waals surface area (Å²) in [7, 11) is 0. The zero-order chi connectivity index (χ0) is 14.4. The second kappa shape index (κ2) is 7.33. The first kappa shape index (κ1) is 14.9. The van der Waals surface area contributed by atoms with Crippen LogP contribution in [0.15, 0.2) is 24.3 Å². The minimum Gasteiger partial charge on any atom is -0.395 e. The van der Waals surface area contributed by atoms with Gasteiger partial charge in [-0.25, -0.2) is 0 Å². The third-order valence-corrected chi connectivity index (χ3v) is 3.77. The Morgan fingerprint density at radius 1 is 1.10 bits per heavy atom. The largest absolute Gasteiger partial charge is 0.395 e. The normalized spacial score (nSPS) is 17.2. The summed E-state index contributed by atoms with van der Waals surface area (Å²) in [5, 5.41) is 19.8. The maximum absolute atomic E-state index is 10.9. The van der Waals surface area contributed by atoms with E-state index in [1.54, 1.807) is 12.1 Å². The number of β-amino-alcohol motifs (C(OH)–C–C–N with tert-alkyl or cyclic N) is 1. The van der Waals surface area contributed by atoms with Gasteiger partial charge in [0.1, 0.15) is 0 Å². The van der Waals surface area contributed by atoms with Gasteiger partial charge in [-0.3, -0.25) is 15.0 Å². The Hall–Kier alpha value is -1.50. The molecule has 1 aromatic rings. The number of hydrogen-bond acceptors (Lipinski definition) is 5. The Labute approximate surface area is 118 Å². The second-order valence-electron chi connectivity index (χ2n) is 5.04. The number of aliphatic hydroxyl groups excluding tert-OH is 1. The Balaban J connectivity index is 1.83. The number of nitrogens with zero attached hydrogens (tertiary/aromatic N) is 3. The van der Waals surface area contributed by atoms with Crippen LogP contribution in [0.3, 0.4) is 0 Å². The van der Waals surface area contributed by atoms with Crippen LogP contribution in [-0.4, -0.2) is 65.7 Å². The van der Waals surface area contributed by atoms with Gasteiger partial charge in [-0.1, -0.05) is 18.2 Å². The molecule has 0 unspecified atom stereocenters. The van der Waals surface area contributed by atoms with Crippen LogP contribution in [0.2, 0.25) is 0 Å². The number of rotatable bonds is 6. The predicted octanol–water partition coefficient (Wildman–Crippen LogP) is 0.747. The van der Waals surface area contributed by atoms with Gasteiger partial charge in [0.2, 0.25) is 0 Å². The van der Waals surface area contributed by atoms with Crippen molar-refractivity contribution >= 4 is 5.69 Å². The lowest BCUT2D eigenvalue weighted by Crippen LogP contribution is -2.47. The summed E-state index contributed by atoms with van der Waals surface area (Å²) in [6, 6.07) is 6.95. The standard InChI is InChI=1S/C14H21N3O3/c18-12-11-16-9-7-15(8-10-16)6-5-13-3-1-2-4-14(13)17(19)20/h1-4,18H,5-12H2. The van der Waals surface area contributed by atoms with Crippen molar-refractivity contribution in [1.29, 1.82) is 0 Å². The molecule has 0 atom stereocenters. The van der Waals surface area contributed by atoms with Gasteiger partial charge in [0, 0.05) is 50.9 Å². The molecule has 6 heteroatoms. The maximum Gasteiger partial charge on any atom is 0.272 e. The van der Waals surface area contributed by atoms with E-state index >= 15 is 0 Å². The van der Waals surface area contributed by atoms with Gasteiger partial charge in [-0.05, 0) is 6.42 Å². The zero-order valence-electron chi connectivity index (χ0n) is 11.6. The molecule has 1 saturated heterocycles. The van der Waals surface area contributed by atoms with Crippen LogP contribution >= 0.6 is 0 Å². The van der Waals surface area contributed by atoms with Gasteiger partial charge >= 0.3 is 0 Å². The van der Waals surface area contributed by atoms with Crippen molar-refractivity contribution < 1.29 is 10.0 Å². The van der Waals surface area contributed by atoms with Crippen molar-refractivity contribution in [3.8, 4) is 0 Å². The van der Waals surface area contributed by atoms with Crippen molar-refractivity contribution in [1.82, 2.24) is 9.80 Å². The fraction of sp³-hybridized carbons (Fsp3) is 0.571. The van der Waals surface area contributed by atoms with E-state index in [0.29, 0.717) is 6.42 Å². The molecular weight excluding hydrogens is 258 g/mol. The third kappa shape index (κ3) is 4.00. The molecule has 0 aromatic heterocycles. The summed E-state index contributed by atoms with van der Waals surface area (Å²) < 4.78 is 0. The van der Waals surface area contributed by atoms with Crippen molar-refractivity contribution in [3.63, 3.8) is 0 Å². The molecule has 0 spiro atoms. The van der Waals surface area contributed by atoms with Gasteiger partial charge in [-0.15, -0.1) is 0 Å². The number of aliphatic hydroxyl groups is 1. The van der Waals surface area contributed by atoms with E-state index in [4.69, 9.17) is 5.11 Å². The van der Waals surface area contributed by atoms with Crippen molar-refractivity contribution in [3.05, 3.63) is 39.9 Å². The van der Waals surface area contributed by atoms with Gasteiger partial charge < -0.3 is 10.0 Å². The minimum absolute atomic E-state index is 0.205. The van der Waals surface area contributed by atoms with Gasteiger partial charge in [0.15, 0.2) is 0 Å². The Morgan fingerprint density at radius 3 is 2.30 bits per heavy atom. The number of nitro groups is 1. The van der Waals surface area contributed by atoms with Crippen LogP contribution in [0.4, 0.5) is 5.69 Å². The Morgan fingerprint density at radius 2 is 1.70 bits per heavy atom. The number of nitro benzene ring substituents is 1. The lowest BCUT2D eigenvalue weighted by Gasteiger charge is -2.34. The van der Waals surface area contributed by atoms with Crippen molar-refractivity contribution in [2.24, 2.45) is 0 Å². The number of piperazine rings is 1. The molecule has 6 nitrogen and oxygen atoms in total. The highest BCUT2D eigenvalue weighted by Crippen LogP contribution is 2.18. The van der Waals surface area contributed by atoms with E-state index in [9.17, 15) is 10.1 Å². The predicted molar refractivity (Wildman–Crippen MR) is 76.8 cm³/mol. The minimum atomic E-state index is -0.311. The molecule has 1 N–H and O–H groups in total. The van der Waals surface area contributed by atoms with Crippen LogP contribution in [0.1, 0.15) is 5.56 Å². The highest BCUT2D eigenvalue weighted by Gasteiger charge is 2.18. The molecule has 1 aliphatic heterocycles. The molecule has 0 saturated carbocycles. The highest BCUT2D eigenvalue weighted by atomic mass is 16.6. The molecule has 1 aromatic carbocycles. The summed E-state index contributed by atoms with van der Waals surface area (Å²) in [5.74, 6) is 0. The highest BCUT2D eigenvalue weighted by molar-refractivity contribution is 5.39. The molecule has 0 bridgehead atoms. The first-order valence-corrected chi connectivity index (χ1v) is 6.98. The van der Waals surface area contributed by atoms with E-state index in [1.165, 1.54) is 0 Å². The molecule has 110 valence electrons. The van der Waals surface area contributed by atoms with Crippen LogP contribution in [0.25, 0.3) is 0 Å². The van der Waals surface area contributed by atoms with E-state index < -0.39 is 0 Å². The molecule has 1 heterocycles. The average Bonchev–Trinajstić information content (AvgIpc) is 2.47. The first-order chi connectivity index (χ1) is 9.70. The summed E-state index contributed by atoms with van der Waals surface area (Å²) in [6.07, 6.45) is 0.706. The van der Waals surface area contributed by atoms with Gasteiger partial charge in [0.25, 0.3) is 5.69 Å². The van der Waals surface area contributed by atoms with E-state index in [-0.39, 0.29) is 17.2 Å². The van der Waals surface area contributed by atoms with Crippen LogP contribution in [0, 0.1) is 10.1 Å². The van der Waals surface area contributed by atoms with Gasteiger partial charge in [0.05, 0.1) is 11.5 Å². The summed E-state index contributed by atoms with van der Waals surface area (Å²) in [4.78, 5) is 15.2. The molecular formula is C14H21N3O3. The molecule has 1 aliphatic rings. The van der Waals surface area contributed by atoms with Gasteiger partial charge in [-0.2, -0.15) is 0 Å². The van der Waals surface area contributed by atoms with Crippen LogP contribution in [0.5, 0.6) is 0 Å². The number of benzene rings is 1. The SMILES string of the molecule is O=[N+]([O-])c1ccccc1CCN1CCN(CCO)CC1. The van der Waals surface area contributed by atoms with Crippen molar-refractivity contribution in [2.45, 2.75) is 6.42 Å². The van der Waals surface area contributed by atoms with E-state index in [0.717, 1.165) is 44.8 Å². The number of para-hydroxylation sites is 1. The summed E-state index contributed by atoms with van der Waals surface area (Å²) in [6.45, 7) is 5.61. The lowest BCUT2D eigenvalue weighted by molar-refractivity contribution is -0.385. The quantitative estimate of drug-likeness (QED) is 0.614. The first-order valence-electron chi connectivity index (χ1n) is 6.98. The Kier molecular flexibility index (Phi) is 5.46. The smallest absolute Gasteiger partial charge is 0.272 e. The fourth-order valence-electron chi connectivity index (χ4n) is 2.56. The number of hydrogen-bond donors (Lipinski definition) is 1. The molecule has 0 radical (unpaired) electrons. The fourth-order valence-corrected chi connectivity index (χ4v) is 2.56. The topological polar surface area (TPSA) is 69.9 Å². The second-order valence-corrected chi connectivity index (χ2v) is 5.04. The van der Waals surface area contributed by atoms with Crippen molar-refractivity contribution in [2.75, 3.05) is 45.9 Å². The Bertz CT molecular complexity index is 445. The zero-order valence-corrected chi connectivity index (χ0v) is 11.6. The monoisotopic (exact) mass is 279 g/mol. The lowest BCUT2D eigenvalue weighted by atomic mass is 10.1. The molecule has 0 amide bonds. The van der Waals surface area contributed by atoms with E-state index in [2.05, 4.69) is 9.80 Å². The molecule has 0 aliphatic carbocycles. The summed E-state index contributed by atoms with van der Waals surface area (Å²) in [5.41, 5.74) is 1.02. The van der Waals surface area contributed by atoms with Crippen LogP contribution < -0.4 is 0 Å². The molecule has 2 rings (SSSR count). The van der Waals surface area contributed by atoms with Crippen LogP contribution in [-0.2, 0) is 6.42 Å². The molecule has 20 heavy (non-hydrogen) atoms. The maximum atomic E-state index is 10.9. The average molecular weight is 279 g/mol.